The molecule has 3 N–H and O–H groups in total. The first kappa shape index (κ1) is 19.7. The van der Waals surface area contributed by atoms with Crippen LogP contribution in [0.25, 0.3) is 0 Å². The van der Waals surface area contributed by atoms with Gasteiger partial charge in [-0.2, -0.15) is 0 Å². The number of carbonyl (C=O) groups excluding carboxylic acids is 3. The number of ether oxygens (including phenoxy) is 1. The Morgan fingerprint density at radius 1 is 1.31 bits per heavy atom. The maximum absolute atomic E-state index is 13.3. The topological polar surface area (TPSA) is 99.8 Å². The van der Waals surface area contributed by atoms with Gasteiger partial charge in [0.2, 0.25) is 11.8 Å². The number of para-hydroxylation sites is 1. The zero-order valence-electron chi connectivity index (χ0n) is 17.0. The van der Waals surface area contributed by atoms with Gasteiger partial charge in [0, 0.05) is 18.2 Å². The third-order valence-corrected chi connectivity index (χ3v) is 6.29. The molecule has 29 heavy (non-hydrogen) atoms. The van der Waals surface area contributed by atoms with Crippen LogP contribution in [-0.4, -0.2) is 48.1 Å². The van der Waals surface area contributed by atoms with Crippen molar-refractivity contribution >= 4 is 17.8 Å². The lowest BCUT2D eigenvalue weighted by Crippen LogP contribution is -2.71. The third kappa shape index (κ3) is 3.46. The zero-order valence-corrected chi connectivity index (χ0v) is 17.0. The molecule has 3 heterocycles. The molecular weight excluding hydrogens is 372 g/mol. The number of imide groups is 1. The van der Waals surface area contributed by atoms with Crippen LogP contribution in [0.4, 0.5) is 4.79 Å². The van der Waals surface area contributed by atoms with Gasteiger partial charge in [0.25, 0.3) is 0 Å². The molecular formula is C21H28N4O4. The predicted octanol–water partition coefficient (Wildman–Crippen LogP) is 1.38. The number of urea groups is 1. The van der Waals surface area contributed by atoms with Crippen molar-refractivity contribution in [2.75, 3.05) is 13.2 Å². The molecule has 3 aliphatic heterocycles. The summed E-state index contributed by atoms with van der Waals surface area (Å²) in [4.78, 5) is 40.0. The van der Waals surface area contributed by atoms with E-state index < -0.39 is 24.0 Å². The second-order valence-corrected chi connectivity index (χ2v) is 8.32. The molecule has 4 amide bonds. The molecule has 4 rings (SSSR count). The SMILES string of the molecule is CCN1C(=O)NC(=O)C2C(C(=O)NC3COc4ccccc43)CC(C(C)C)NC21. The fourth-order valence-corrected chi connectivity index (χ4v) is 4.66. The van der Waals surface area contributed by atoms with Crippen LogP contribution >= 0.6 is 0 Å². The fourth-order valence-electron chi connectivity index (χ4n) is 4.66. The second kappa shape index (κ2) is 7.67. The van der Waals surface area contributed by atoms with Gasteiger partial charge in [-0.3, -0.25) is 20.2 Å². The summed E-state index contributed by atoms with van der Waals surface area (Å²) in [5, 5.41) is 8.96. The molecule has 2 fully saturated rings. The predicted molar refractivity (Wildman–Crippen MR) is 106 cm³/mol. The molecule has 1 aromatic carbocycles. The Hall–Kier alpha value is -2.61. The quantitative estimate of drug-likeness (QED) is 0.709. The molecule has 5 atom stereocenters. The first-order valence-electron chi connectivity index (χ1n) is 10.3. The summed E-state index contributed by atoms with van der Waals surface area (Å²) < 4.78 is 5.68. The van der Waals surface area contributed by atoms with Crippen molar-refractivity contribution in [2.45, 2.75) is 45.4 Å². The van der Waals surface area contributed by atoms with E-state index in [2.05, 4.69) is 29.8 Å². The molecule has 0 aromatic heterocycles. The van der Waals surface area contributed by atoms with Gasteiger partial charge in [-0.15, -0.1) is 0 Å². The van der Waals surface area contributed by atoms with Crippen LogP contribution in [0, 0.1) is 17.8 Å². The van der Waals surface area contributed by atoms with Crippen LogP contribution in [0.3, 0.4) is 0 Å². The molecule has 0 saturated carbocycles. The summed E-state index contributed by atoms with van der Waals surface area (Å²) in [6.45, 7) is 6.86. The summed E-state index contributed by atoms with van der Waals surface area (Å²) >= 11 is 0. The Bertz CT molecular complexity index is 827. The van der Waals surface area contributed by atoms with Crippen molar-refractivity contribution in [3.8, 4) is 5.75 Å². The zero-order chi connectivity index (χ0) is 20.7. The Kier molecular flexibility index (Phi) is 5.21. The number of benzene rings is 1. The molecule has 2 saturated heterocycles. The lowest BCUT2D eigenvalue weighted by atomic mass is 9.75. The summed E-state index contributed by atoms with van der Waals surface area (Å²) in [5.74, 6) is -0.663. The van der Waals surface area contributed by atoms with E-state index in [1.807, 2.05) is 31.2 Å². The van der Waals surface area contributed by atoms with Gasteiger partial charge in [-0.05, 0) is 25.3 Å². The van der Waals surface area contributed by atoms with Crippen molar-refractivity contribution in [1.82, 2.24) is 20.9 Å². The van der Waals surface area contributed by atoms with Gasteiger partial charge in [0.15, 0.2) is 0 Å². The number of nitrogens with one attached hydrogen (secondary N) is 3. The number of piperidine rings is 1. The maximum Gasteiger partial charge on any atom is 0.325 e. The van der Waals surface area contributed by atoms with Crippen molar-refractivity contribution in [3.05, 3.63) is 29.8 Å². The van der Waals surface area contributed by atoms with E-state index in [1.54, 1.807) is 4.90 Å². The van der Waals surface area contributed by atoms with E-state index in [9.17, 15) is 14.4 Å². The first-order valence-corrected chi connectivity index (χ1v) is 10.3. The summed E-state index contributed by atoms with van der Waals surface area (Å²) in [7, 11) is 0. The normalized spacial score (nSPS) is 31.0. The molecule has 3 aliphatic rings. The minimum atomic E-state index is -0.625. The van der Waals surface area contributed by atoms with E-state index in [0.29, 0.717) is 19.6 Å². The van der Waals surface area contributed by atoms with E-state index in [0.717, 1.165) is 11.3 Å². The number of amides is 4. The number of hydrogen-bond donors (Lipinski definition) is 3. The lowest BCUT2D eigenvalue weighted by molar-refractivity contribution is -0.143. The van der Waals surface area contributed by atoms with Gasteiger partial charge < -0.3 is 15.0 Å². The standard InChI is InChI=1S/C21H28N4O4/c1-4-25-18-17(20(27)24-21(25)28)13(9-14(22-18)11(2)3)19(26)23-15-10-29-16-8-6-5-7-12(15)16/h5-8,11,13-15,17-18,22H,4,9-10H2,1-3H3,(H,23,26)(H,24,27,28). The summed E-state index contributed by atoms with van der Waals surface area (Å²) in [6.07, 6.45) is 0.0595. The van der Waals surface area contributed by atoms with Gasteiger partial charge >= 0.3 is 6.03 Å². The fraction of sp³-hybridized carbons (Fsp3) is 0.571. The number of fused-ring (bicyclic) bond motifs is 2. The molecule has 8 heteroatoms. The average Bonchev–Trinajstić information content (AvgIpc) is 3.10. The van der Waals surface area contributed by atoms with Crippen LogP contribution in [0.1, 0.15) is 38.8 Å². The number of rotatable bonds is 4. The number of nitrogens with zero attached hydrogens (tertiary/aromatic N) is 1. The first-order chi connectivity index (χ1) is 13.9. The Balaban J connectivity index is 1.59. The van der Waals surface area contributed by atoms with E-state index in [1.165, 1.54) is 0 Å². The molecule has 0 radical (unpaired) electrons. The minimum absolute atomic E-state index is 0.0341. The second-order valence-electron chi connectivity index (χ2n) is 8.32. The van der Waals surface area contributed by atoms with Crippen LogP contribution in [0.5, 0.6) is 5.75 Å². The minimum Gasteiger partial charge on any atom is -0.491 e. The molecule has 0 spiro atoms. The lowest BCUT2D eigenvalue weighted by Gasteiger charge is -2.49. The Labute approximate surface area is 170 Å². The highest BCUT2D eigenvalue weighted by molar-refractivity contribution is 6.00. The van der Waals surface area contributed by atoms with Crippen molar-refractivity contribution in [1.29, 1.82) is 0 Å². The largest absolute Gasteiger partial charge is 0.491 e. The van der Waals surface area contributed by atoms with Crippen LogP contribution in [0.15, 0.2) is 24.3 Å². The maximum atomic E-state index is 13.3. The van der Waals surface area contributed by atoms with Crippen molar-refractivity contribution in [2.24, 2.45) is 17.8 Å². The van der Waals surface area contributed by atoms with Crippen molar-refractivity contribution in [3.63, 3.8) is 0 Å². The molecule has 0 bridgehead atoms. The van der Waals surface area contributed by atoms with Crippen molar-refractivity contribution < 1.29 is 19.1 Å². The van der Waals surface area contributed by atoms with E-state index in [4.69, 9.17) is 4.74 Å². The average molecular weight is 400 g/mol. The Morgan fingerprint density at radius 3 is 2.79 bits per heavy atom. The number of hydrogen-bond acceptors (Lipinski definition) is 5. The van der Waals surface area contributed by atoms with E-state index in [-0.39, 0.29) is 29.8 Å². The van der Waals surface area contributed by atoms with Crippen LogP contribution < -0.4 is 20.7 Å². The molecule has 156 valence electrons. The molecule has 8 nitrogen and oxygen atoms in total. The molecule has 1 aromatic rings. The Morgan fingerprint density at radius 2 is 2.07 bits per heavy atom. The van der Waals surface area contributed by atoms with Gasteiger partial charge in [0.05, 0.1) is 24.0 Å². The summed E-state index contributed by atoms with van der Waals surface area (Å²) in [5.41, 5.74) is 0.949. The van der Waals surface area contributed by atoms with Gasteiger partial charge in [-0.1, -0.05) is 32.0 Å². The van der Waals surface area contributed by atoms with Gasteiger partial charge in [0.1, 0.15) is 12.4 Å². The summed E-state index contributed by atoms with van der Waals surface area (Å²) in [6, 6.07) is 7.04. The highest BCUT2D eigenvalue weighted by Gasteiger charge is 2.52. The van der Waals surface area contributed by atoms with Crippen LogP contribution in [-0.2, 0) is 9.59 Å². The third-order valence-electron chi connectivity index (χ3n) is 6.29. The molecule has 0 aliphatic carbocycles. The smallest absolute Gasteiger partial charge is 0.325 e. The van der Waals surface area contributed by atoms with Gasteiger partial charge in [-0.25, -0.2) is 4.79 Å². The highest BCUT2D eigenvalue weighted by atomic mass is 16.5. The van der Waals surface area contributed by atoms with Crippen LogP contribution in [0.2, 0.25) is 0 Å². The molecule has 5 unspecified atom stereocenters. The number of carbonyl (C=O) groups is 3. The highest BCUT2D eigenvalue weighted by Crippen LogP contribution is 2.36. The monoisotopic (exact) mass is 400 g/mol. The van der Waals surface area contributed by atoms with E-state index >= 15 is 0 Å².